The van der Waals surface area contributed by atoms with Gasteiger partial charge in [0.1, 0.15) is 5.37 Å². The van der Waals surface area contributed by atoms with Crippen LogP contribution in [0.4, 0.5) is 0 Å². The lowest BCUT2D eigenvalue weighted by molar-refractivity contribution is 0.0978. The van der Waals surface area contributed by atoms with Gasteiger partial charge in [-0.1, -0.05) is 6.92 Å². The average Bonchev–Trinajstić information content (AvgIpc) is 2.67. The zero-order chi connectivity index (χ0) is 23.4. The summed E-state index contributed by atoms with van der Waals surface area (Å²) in [4.78, 5) is 24.8. The third-order valence-corrected chi connectivity index (χ3v) is 8.32. The first-order valence-corrected chi connectivity index (χ1v) is 13.1. The summed E-state index contributed by atoms with van der Waals surface area (Å²) in [5.41, 5.74) is -0.763. The molecule has 3 rings (SSSR count). The van der Waals surface area contributed by atoms with E-state index in [2.05, 4.69) is 0 Å². The van der Waals surface area contributed by atoms with E-state index in [1.807, 2.05) is 4.72 Å². The van der Waals surface area contributed by atoms with Gasteiger partial charge in [-0.05, 0) is 42.8 Å². The van der Waals surface area contributed by atoms with Gasteiger partial charge in [-0.15, -0.1) is 0 Å². The van der Waals surface area contributed by atoms with E-state index in [4.69, 9.17) is 9.69 Å². The number of carbonyl (C=O) groups excluding carboxylic acids is 2. The highest BCUT2D eigenvalue weighted by molar-refractivity contribution is 7.91. The van der Waals surface area contributed by atoms with Gasteiger partial charge in [0.25, 0.3) is 10.1 Å². The van der Waals surface area contributed by atoms with E-state index in [-0.39, 0.29) is 33.6 Å². The summed E-state index contributed by atoms with van der Waals surface area (Å²) in [5, 5.41) is 3.25. The van der Waals surface area contributed by atoms with Crippen LogP contribution in [0.2, 0.25) is 0 Å². The summed E-state index contributed by atoms with van der Waals surface area (Å²) in [5.74, 6) is -1.44. The van der Waals surface area contributed by atoms with Crippen molar-refractivity contribution in [3.05, 3.63) is 58.7 Å². The molecule has 0 fully saturated rings. The first kappa shape index (κ1) is 23.2. The molecule has 2 aromatic rings. The Morgan fingerprint density at radius 3 is 1.71 bits per heavy atom. The summed E-state index contributed by atoms with van der Waals surface area (Å²) in [6, 6.07) is 6.07. The van der Waals surface area contributed by atoms with Gasteiger partial charge in [-0.3, -0.25) is 14.1 Å². The zero-order valence-corrected chi connectivity index (χ0v) is 18.2. The molecule has 0 radical (unpaired) electrons. The lowest BCUT2D eigenvalue weighted by atomic mass is 9.84. The standard InChI is InChI=1S/C17H16N2O9S3/c1-2-15(31(26,27)28)19-30(24,25)10-4-6-12-14(8-10)17(21)11-5-3-9(29(18,22)23)7-13(11)16(12)20/h3-8,15,19H,2H2,1H3,(H2,18,22,23)(H,26,27,28). The minimum Gasteiger partial charge on any atom is -0.289 e. The predicted molar refractivity (Wildman–Crippen MR) is 107 cm³/mol. The minimum absolute atomic E-state index is 0.142. The van der Waals surface area contributed by atoms with Crippen molar-refractivity contribution in [2.45, 2.75) is 28.5 Å². The molecule has 2 aromatic carbocycles. The zero-order valence-electron chi connectivity index (χ0n) is 15.8. The number of nitrogens with two attached hydrogens (primary N) is 1. The fraction of sp³-hybridized carbons (Fsp3) is 0.176. The SMILES string of the molecule is CCC(NS(=O)(=O)c1ccc2c(c1)C(=O)c1ccc(S(N)(=O)=O)cc1C2=O)S(=O)(=O)O. The first-order chi connectivity index (χ1) is 14.2. The van der Waals surface area contributed by atoms with E-state index >= 15 is 0 Å². The Hall–Kier alpha value is -2.49. The lowest BCUT2D eigenvalue weighted by Gasteiger charge is -2.19. The van der Waals surface area contributed by atoms with Gasteiger partial charge in [-0.25, -0.2) is 22.0 Å². The second-order valence-corrected chi connectivity index (χ2v) is 11.5. The second-order valence-electron chi connectivity index (χ2n) is 6.65. The van der Waals surface area contributed by atoms with E-state index in [0.717, 1.165) is 36.4 Å². The molecule has 0 amide bonds. The Morgan fingerprint density at radius 2 is 1.29 bits per heavy atom. The molecule has 1 aliphatic carbocycles. The predicted octanol–water partition coefficient (Wildman–Crippen LogP) is 0.0116. The first-order valence-electron chi connectivity index (χ1n) is 8.55. The van der Waals surface area contributed by atoms with Gasteiger partial charge >= 0.3 is 0 Å². The maximum Gasteiger partial charge on any atom is 0.282 e. The molecule has 0 saturated carbocycles. The Morgan fingerprint density at radius 1 is 0.839 bits per heavy atom. The second kappa shape index (κ2) is 7.58. The van der Waals surface area contributed by atoms with Gasteiger partial charge in [0, 0.05) is 22.3 Å². The molecule has 1 unspecified atom stereocenters. The van der Waals surface area contributed by atoms with Gasteiger partial charge < -0.3 is 0 Å². The normalized spacial score (nSPS) is 15.3. The smallest absolute Gasteiger partial charge is 0.282 e. The molecule has 0 aliphatic heterocycles. The van der Waals surface area contributed by atoms with Crippen LogP contribution < -0.4 is 9.86 Å². The Balaban J connectivity index is 2.09. The van der Waals surface area contributed by atoms with Crippen LogP contribution in [-0.4, -0.2) is 46.7 Å². The Bertz CT molecular complexity index is 1440. The molecule has 0 saturated heterocycles. The number of rotatable bonds is 6. The molecule has 166 valence electrons. The van der Waals surface area contributed by atoms with Gasteiger partial charge in [0.2, 0.25) is 20.0 Å². The van der Waals surface area contributed by atoms with Crippen LogP contribution in [0.3, 0.4) is 0 Å². The topological polar surface area (TPSA) is 195 Å². The quantitative estimate of drug-likeness (QED) is 0.400. The molecule has 0 heterocycles. The molecule has 1 atom stereocenters. The van der Waals surface area contributed by atoms with Crippen LogP contribution >= 0.6 is 0 Å². The summed E-state index contributed by atoms with van der Waals surface area (Å²) in [7, 11) is -13.3. The molecule has 1 aliphatic rings. The van der Waals surface area contributed by atoms with E-state index in [1.165, 1.54) is 6.92 Å². The fourth-order valence-corrected chi connectivity index (χ4v) is 6.05. The van der Waals surface area contributed by atoms with Crippen molar-refractivity contribution in [1.82, 2.24) is 4.72 Å². The molecule has 0 spiro atoms. The van der Waals surface area contributed by atoms with Crippen molar-refractivity contribution in [3.63, 3.8) is 0 Å². The number of benzene rings is 2. The van der Waals surface area contributed by atoms with E-state index in [0.29, 0.717) is 0 Å². The van der Waals surface area contributed by atoms with Crippen molar-refractivity contribution in [1.29, 1.82) is 0 Å². The van der Waals surface area contributed by atoms with Crippen LogP contribution in [0.5, 0.6) is 0 Å². The summed E-state index contributed by atoms with van der Waals surface area (Å²) in [6.45, 7) is 1.34. The van der Waals surface area contributed by atoms with Crippen molar-refractivity contribution in [2.24, 2.45) is 5.14 Å². The number of sulfonamides is 2. The Kier molecular flexibility index (Phi) is 5.67. The summed E-state index contributed by atoms with van der Waals surface area (Å²) in [6.07, 6.45) is -0.264. The molecule has 11 nitrogen and oxygen atoms in total. The van der Waals surface area contributed by atoms with E-state index in [1.54, 1.807) is 0 Å². The molecule has 0 bridgehead atoms. The van der Waals surface area contributed by atoms with Gasteiger partial charge in [0.15, 0.2) is 11.6 Å². The monoisotopic (exact) mass is 488 g/mol. The van der Waals surface area contributed by atoms with Gasteiger partial charge in [0.05, 0.1) is 9.79 Å². The number of nitrogens with one attached hydrogen (secondary N) is 1. The van der Waals surface area contributed by atoms with E-state index < -0.39 is 52.0 Å². The van der Waals surface area contributed by atoms with Crippen LogP contribution in [0.15, 0.2) is 46.2 Å². The van der Waals surface area contributed by atoms with E-state index in [9.17, 15) is 34.8 Å². The summed E-state index contributed by atoms with van der Waals surface area (Å²) < 4.78 is 81.8. The van der Waals surface area contributed by atoms with Crippen molar-refractivity contribution in [2.75, 3.05) is 0 Å². The number of ketones is 2. The largest absolute Gasteiger partial charge is 0.289 e. The summed E-state index contributed by atoms with van der Waals surface area (Å²) >= 11 is 0. The molecule has 14 heteroatoms. The lowest BCUT2D eigenvalue weighted by Crippen LogP contribution is -2.40. The van der Waals surface area contributed by atoms with Crippen LogP contribution in [0, 0.1) is 0 Å². The fourth-order valence-electron chi connectivity index (χ4n) is 3.05. The molecular formula is C17H16N2O9S3. The molecule has 31 heavy (non-hydrogen) atoms. The van der Waals surface area contributed by atoms with Crippen LogP contribution in [-0.2, 0) is 30.2 Å². The maximum atomic E-state index is 12.8. The number of fused-ring (bicyclic) bond motifs is 2. The third-order valence-electron chi connectivity index (χ3n) is 4.62. The Labute approximate surface area is 178 Å². The van der Waals surface area contributed by atoms with Crippen molar-refractivity contribution >= 4 is 41.7 Å². The number of hydrogen-bond donors (Lipinski definition) is 3. The molecule has 0 aromatic heterocycles. The van der Waals surface area contributed by atoms with Crippen LogP contribution in [0.1, 0.15) is 45.2 Å². The highest BCUT2D eigenvalue weighted by atomic mass is 32.2. The van der Waals surface area contributed by atoms with Crippen molar-refractivity contribution in [3.8, 4) is 0 Å². The number of carbonyl (C=O) groups is 2. The number of primary sulfonamides is 1. The average molecular weight is 489 g/mol. The maximum absolute atomic E-state index is 12.8. The highest BCUT2D eigenvalue weighted by Gasteiger charge is 2.33. The van der Waals surface area contributed by atoms with Gasteiger partial charge in [-0.2, -0.15) is 13.1 Å². The third kappa shape index (κ3) is 4.30. The molecule has 4 N–H and O–H groups in total. The minimum atomic E-state index is -4.72. The highest BCUT2D eigenvalue weighted by Crippen LogP contribution is 2.30. The van der Waals surface area contributed by atoms with Crippen LogP contribution in [0.25, 0.3) is 0 Å². The molecular weight excluding hydrogens is 472 g/mol. The van der Waals surface area contributed by atoms with Crippen molar-refractivity contribution < 1.29 is 39.4 Å². The number of hydrogen-bond acceptors (Lipinski definition) is 8.